The molecule has 0 fully saturated rings. The van der Waals surface area contributed by atoms with Crippen molar-refractivity contribution in [3.8, 4) is 0 Å². The maximum Gasteiger partial charge on any atom is 0.240 e. The molecule has 1 N–H and O–H groups in total. The van der Waals surface area contributed by atoms with Gasteiger partial charge in [-0.15, -0.1) is 0 Å². The quantitative estimate of drug-likeness (QED) is 0.817. The molecule has 1 aromatic heterocycles. The molecule has 0 saturated heterocycles. The molecule has 0 radical (unpaired) electrons. The molecule has 0 bridgehead atoms. The predicted molar refractivity (Wildman–Crippen MR) is 80.8 cm³/mol. The normalized spacial score (nSPS) is 12.9. The van der Waals surface area contributed by atoms with E-state index in [4.69, 9.17) is 11.6 Å². The first-order chi connectivity index (χ1) is 8.88. The molecule has 7 heteroatoms. The molecule has 1 atom stereocenters. The average Bonchev–Trinajstić information content (AvgIpc) is 2.70. The Bertz CT molecular complexity index is 631. The number of anilines is 1. The minimum absolute atomic E-state index is 0.162. The first-order valence-corrected chi connectivity index (χ1v) is 7.70. The number of hydrogen-bond donors (Lipinski definition) is 1. The number of fused-ring (bicyclic) bond motifs is 1. The van der Waals surface area contributed by atoms with Crippen molar-refractivity contribution in [2.75, 3.05) is 5.32 Å². The van der Waals surface area contributed by atoms with E-state index < -0.39 is 5.82 Å². The number of thiazole rings is 1. The third kappa shape index (κ3) is 3.24. The van der Waals surface area contributed by atoms with Crippen LogP contribution in [0.3, 0.4) is 0 Å². The summed E-state index contributed by atoms with van der Waals surface area (Å²) in [5, 5.41) is 3.36. The maximum atomic E-state index is 13.2. The Morgan fingerprint density at radius 2 is 2.21 bits per heavy atom. The summed E-state index contributed by atoms with van der Waals surface area (Å²) in [6.07, 6.45) is 0. The second kappa shape index (κ2) is 5.73. The van der Waals surface area contributed by atoms with Gasteiger partial charge in [-0.1, -0.05) is 52.7 Å². The third-order valence-corrected chi connectivity index (χ3v) is 5.16. The standard InChI is InChI=1S/C12H11BrClFN2OS/c1-5(2)9(13)11(18)17-12-16-10-7(14)3-6(15)4-8(10)19-12/h3-5,9H,1-2H3,(H,16,17,18)/t9-/m0/s1. The number of carbonyl (C=O) groups is 1. The highest BCUT2D eigenvalue weighted by atomic mass is 79.9. The van der Waals surface area contributed by atoms with Gasteiger partial charge >= 0.3 is 0 Å². The Labute approximate surface area is 127 Å². The van der Waals surface area contributed by atoms with Gasteiger partial charge in [0.05, 0.1) is 14.5 Å². The van der Waals surface area contributed by atoms with E-state index >= 15 is 0 Å². The summed E-state index contributed by atoms with van der Waals surface area (Å²) in [4.78, 5) is 15.8. The second-order valence-corrected chi connectivity index (χ2v) is 6.81. The maximum absolute atomic E-state index is 13.2. The van der Waals surface area contributed by atoms with Crippen LogP contribution in [0, 0.1) is 11.7 Å². The van der Waals surface area contributed by atoms with Crippen molar-refractivity contribution in [1.29, 1.82) is 0 Å². The molecule has 0 spiro atoms. The van der Waals surface area contributed by atoms with Crippen molar-refractivity contribution < 1.29 is 9.18 Å². The minimum atomic E-state index is -0.417. The van der Waals surface area contributed by atoms with E-state index in [1.54, 1.807) is 0 Å². The van der Waals surface area contributed by atoms with E-state index in [2.05, 4.69) is 26.2 Å². The van der Waals surface area contributed by atoms with Gasteiger partial charge < -0.3 is 5.32 Å². The van der Waals surface area contributed by atoms with Crippen LogP contribution in [0.15, 0.2) is 12.1 Å². The summed E-state index contributed by atoms with van der Waals surface area (Å²) < 4.78 is 13.8. The molecule has 0 unspecified atom stereocenters. The van der Waals surface area contributed by atoms with Crippen LogP contribution in [0.2, 0.25) is 5.02 Å². The van der Waals surface area contributed by atoms with Crippen molar-refractivity contribution in [2.24, 2.45) is 5.92 Å². The Hall–Kier alpha value is -0.720. The second-order valence-electron chi connectivity index (χ2n) is 4.39. The van der Waals surface area contributed by atoms with Crippen molar-refractivity contribution in [3.05, 3.63) is 23.0 Å². The topological polar surface area (TPSA) is 42.0 Å². The number of amides is 1. The predicted octanol–water partition coefficient (Wildman–Crippen LogP) is 4.45. The smallest absolute Gasteiger partial charge is 0.240 e. The molecule has 0 aliphatic heterocycles. The molecule has 2 rings (SSSR count). The average molecular weight is 366 g/mol. The van der Waals surface area contributed by atoms with Crippen LogP contribution in [0.5, 0.6) is 0 Å². The van der Waals surface area contributed by atoms with Gasteiger partial charge in [0.2, 0.25) is 5.91 Å². The Kier molecular flexibility index (Phi) is 4.43. The fourth-order valence-corrected chi connectivity index (χ4v) is 2.83. The summed E-state index contributed by atoms with van der Waals surface area (Å²) in [6.45, 7) is 3.87. The van der Waals surface area contributed by atoms with Gasteiger partial charge in [-0.25, -0.2) is 9.37 Å². The minimum Gasteiger partial charge on any atom is -0.301 e. The van der Waals surface area contributed by atoms with Crippen molar-refractivity contribution >= 4 is 60.1 Å². The van der Waals surface area contributed by atoms with Crippen LogP contribution < -0.4 is 5.32 Å². The lowest BCUT2D eigenvalue weighted by Gasteiger charge is -2.11. The van der Waals surface area contributed by atoms with Gasteiger partial charge in [-0.05, 0) is 18.1 Å². The van der Waals surface area contributed by atoms with Gasteiger partial charge in [0, 0.05) is 0 Å². The molecule has 102 valence electrons. The Morgan fingerprint density at radius 3 is 2.84 bits per heavy atom. The highest BCUT2D eigenvalue weighted by Crippen LogP contribution is 2.32. The number of alkyl halides is 1. The zero-order valence-corrected chi connectivity index (χ0v) is 13.4. The summed E-state index contributed by atoms with van der Waals surface area (Å²) in [5.41, 5.74) is 0.499. The summed E-state index contributed by atoms with van der Waals surface area (Å²) in [7, 11) is 0. The molecule has 3 nitrogen and oxygen atoms in total. The highest BCUT2D eigenvalue weighted by molar-refractivity contribution is 9.10. The molecule has 1 heterocycles. The number of rotatable bonds is 3. The first-order valence-electron chi connectivity index (χ1n) is 5.59. The van der Waals surface area contributed by atoms with Crippen LogP contribution in [0.25, 0.3) is 10.2 Å². The van der Waals surface area contributed by atoms with E-state index in [-0.39, 0.29) is 21.7 Å². The van der Waals surface area contributed by atoms with Gasteiger partial charge in [0.15, 0.2) is 5.13 Å². The Balaban J connectivity index is 2.27. The van der Waals surface area contributed by atoms with Gasteiger partial charge in [-0.3, -0.25) is 4.79 Å². The lowest BCUT2D eigenvalue weighted by Crippen LogP contribution is -2.26. The number of carbonyl (C=O) groups excluding carboxylic acids is 1. The molecule has 1 aromatic carbocycles. The number of nitrogens with zero attached hydrogens (tertiary/aromatic N) is 1. The third-order valence-electron chi connectivity index (χ3n) is 2.48. The summed E-state index contributed by atoms with van der Waals surface area (Å²) in [5.74, 6) is -0.430. The van der Waals surface area contributed by atoms with Crippen LogP contribution in [0.1, 0.15) is 13.8 Å². The number of halogens is 3. The fourth-order valence-electron chi connectivity index (χ4n) is 1.49. The van der Waals surface area contributed by atoms with Crippen molar-refractivity contribution in [1.82, 2.24) is 4.98 Å². The first kappa shape index (κ1) is 14.7. The van der Waals surface area contributed by atoms with E-state index in [9.17, 15) is 9.18 Å². The van der Waals surface area contributed by atoms with Crippen LogP contribution in [-0.4, -0.2) is 15.7 Å². The Morgan fingerprint density at radius 1 is 1.53 bits per heavy atom. The summed E-state index contributed by atoms with van der Waals surface area (Å²) >= 11 is 10.4. The number of aromatic nitrogens is 1. The van der Waals surface area contributed by atoms with E-state index in [0.29, 0.717) is 15.3 Å². The van der Waals surface area contributed by atoms with Crippen LogP contribution >= 0.6 is 38.9 Å². The van der Waals surface area contributed by atoms with Crippen molar-refractivity contribution in [3.63, 3.8) is 0 Å². The molecule has 0 aliphatic rings. The van der Waals surface area contributed by atoms with Crippen LogP contribution in [-0.2, 0) is 4.79 Å². The molecule has 19 heavy (non-hydrogen) atoms. The van der Waals surface area contributed by atoms with E-state index in [1.807, 2.05) is 13.8 Å². The molecular weight excluding hydrogens is 355 g/mol. The SMILES string of the molecule is CC(C)[C@H](Br)C(=O)Nc1nc2c(Cl)cc(F)cc2s1. The fraction of sp³-hybridized carbons (Fsp3) is 0.333. The van der Waals surface area contributed by atoms with Crippen molar-refractivity contribution in [2.45, 2.75) is 18.7 Å². The van der Waals surface area contributed by atoms with Gasteiger partial charge in [-0.2, -0.15) is 0 Å². The van der Waals surface area contributed by atoms with E-state index in [1.165, 1.54) is 23.5 Å². The zero-order chi connectivity index (χ0) is 14.2. The molecular formula is C12H11BrClFN2OS. The van der Waals surface area contributed by atoms with E-state index in [0.717, 1.165) is 0 Å². The van der Waals surface area contributed by atoms with Crippen LogP contribution in [0.4, 0.5) is 9.52 Å². The lowest BCUT2D eigenvalue weighted by molar-refractivity contribution is -0.116. The monoisotopic (exact) mass is 364 g/mol. The number of nitrogens with one attached hydrogen (secondary N) is 1. The zero-order valence-electron chi connectivity index (χ0n) is 10.2. The molecule has 0 aliphatic carbocycles. The highest BCUT2D eigenvalue weighted by Gasteiger charge is 2.20. The lowest BCUT2D eigenvalue weighted by atomic mass is 10.1. The summed E-state index contributed by atoms with van der Waals surface area (Å²) in [6, 6.07) is 2.55. The largest absolute Gasteiger partial charge is 0.301 e. The number of benzene rings is 1. The number of hydrogen-bond acceptors (Lipinski definition) is 3. The van der Waals surface area contributed by atoms with Gasteiger partial charge in [0.1, 0.15) is 11.3 Å². The van der Waals surface area contributed by atoms with Gasteiger partial charge in [0.25, 0.3) is 0 Å². The molecule has 2 aromatic rings. The molecule has 0 saturated carbocycles. The molecule has 1 amide bonds.